The molecule has 0 saturated heterocycles. The first kappa shape index (κ1) is 22.0. The fourth-order valence-corrected chi connectivity index (χ4v) is 5.21. The summed E-state index contributed by atoms with van der Waals surface area (Å²) in [5.41, 5.74) is 5.44. The largest absolute Gasteiger partial charge is 0.484 e. The molecule has 2 amide bonds. The molecule has 0 bridgehead atoms. The molecule has 12 heteroatoms. The Hall–Kier alpha value is -3.80. The molecule has 2 aromatic rings. The van der Waals surface area contributed by atoms with Gasteiger partial charge in [0.1, 0.15) is 22.3 Å². The summed E-state index contributed by atoms with van der Waals surface area (Å²) in [5.74, 6) is -2.62. The predicted molar refractivity (Wildman–Crippen MR) is 121 cm³/mol. The zero-order chi connectivity index (χ0) is 24.0. The second kappa shape index (κ2) is 8.20. The average Bonchev–Trinajstić information content (AvgIpc) is 3.62. The van der Waals surface area contributed by atoms with Crippen LogP contribution < -0.4 is 20.7 Å². The van der Waals surface area contributed by atoms with E-state index in [1.807, 2.05) is 0 Å². The summed E-state index contributed by atoms with van der Waals surface area (Å²) in [5, 5.41) is 2.84. The van der Waals surface area contributed by atoms with Gasteiger partial charge in [-0.05, 0) is 36.6 Å². The number of nitrogens with zero attached hydrogens (tertiary/aromatic N) is 3. The van der Waals surface area contributed by atoms with E-state index in [1.54, 1.807) is 12.1 Å². The Bertz CT molecular complexity index is 1350. The number of ether oxygens (including phenoxy) is 1. The molecular formula is C22H21N5O6S. The molecule has 5 rings (SSSR count). The minimum Gasteiger partial charge on any atom is -0.484 e. The highest BCUT2D eigenvalue weighted by molar-refractivity contribution is 7.90. The van der Waals surface area contributed by atoms with Gasteiger partial charge < -0.3 is 15.8 Å². The number of Topliss-reactive ketones (excluding diaryl/α,β-unsaturated/α-hetero) is 1. The number of hydrogen-bond donors (Lipinski definition) is 2. The van der Waals surface area contributed by atoms with Crippen molar-refractivity contribution < 1.29 is 27.5 Å². The van der Waals surface area contributed by atoms with Crippen LogP contribution in [0.4, 0.5) is 11.5 Å². The molecule has 2 aliphatic heterocycles. The van der Waals surface area contributed by atoms with Gasteiger partial charge in [0.05, 0.1) is 11.3 Å². The first-order chi connectivity index (χ1) is 16.2. The second-order valence-corrected chi connectivity index (χ2v) is 9.96. The van der Waals surface area contributed by atoms with Crippen LogP contribution in [0.25, 0.3) is 0 Å². The van der Waals surface area contributed by atoms with E-state index in [-0.39, 0.29) is 33.5 Å². The molecule has 34 heavy (non-hydrogen) atoms. The van der Waals surface area contributed by atoms with Crippen molar-refractivity contribution in [1.82, 2.24) is 4.98 Å². The van der Waals surface area contributed by atoms with Crippen molar-refractivity contribution in [1.29, 1.82) is 0 Å². The zero-order valence-electron chi connectivity index (χ0n) is 17.9. The molecule has 3 N–H and O–H groups in total. The van der Waals surface area contributed by atoms with Crippen LogP contribution in [-0.2, 0) is 19.6 Å². The first-order valence-electron chi connectivity index (χ1n) is 10.7. The van der Waals surface area contributed by atoms with Crippen molar-refractivity contribution in [3.63, 3.8) is 0 Å². The zero-order valence-corrected chi connectivity index (χ0v) is 18.7. The maximum Gasteiger partial charge on any atom is 0.286 e. The van der Waals surface area contributed by atoms with E-state index in [0.717, 1.165) is 19.3 Å². The Kier molecular flexibility index (Phi) is 5.31. The van der Waals surface area contributed by atoms with Crippen molar-refractivity contribution in [3.8, 4) is 5.75 Å². The number of nitrogens with one attached hydrogen (secondary N) is 1. The summed E-state index contributed by atoms with van der Waals surface area (Å²) in [6, 6.07) is 7.22. The molecule has 1 aliphatic carbocycles. The topological polar surface area (TPSA) is 161 Å². The minimum atomic E-state index is -4.27. The molecule has 0 radical (unpaired) electrons. The number of amidine groups is 1. The van der Waals surface area contributed by atoms with Gasteiger partial charge in [0.25, 0.3) is 15.9 Å². The molecule has 3 heterocycles. The number of nitrogens with two attached hydrogens (primary N) is 1. The third-order valence-electron chi connectivity index (χ3n) is 5.91. The molecule has 0 spiro atoms. The van der Waals surface area contributed by atoms with Gasteiger partial charge in [-0.1, -0.05) is 12.8 Å². The van der Waals surface area contributed by atoms with E-state index in [9.17, 15) is 22.8 Å². The number of primary amides is 1. The minimum absolute atomic E-state index is 0.109. The summed E-state index contributed by atoms with van der Waals surface area (Å²) in [6.45, 7) is -0.0372. The average molecular weight is 484 g/mol. The van der Waals surface area contributed by atoms with Gasteiger partial charge in [-0.2, -0.15) is 8.42 Å². The van der Waals surface area contributed by atoms with Crippen LogP contribution in [0.15, 0.2) is 45.8 Å². The molecule has 3 aliphatic rings. The number of benzene rings is 1. The van der Waals surface area contributed by atoms with E-state index in [0.29, 0.717) is 12.5 Å². The van der Waals surface area contributed by atoms with Crippen LogP contribution in [0.5, 0.6) is 5.75 Å². The molecule has 1 aromatic carbocycles. The van der Waals surface area contributed by atoms with E-state index >= 15 is 0 Å². The second-order valence-electron chi connectivity index (χ2n) is 8.38. The molecular weight excluding hydrogens is 462 g/mol. The number of aromatic nitrogens is 1. The SMILES string of the molecule is NC(=O)COc1ccc2c(c1)S(=O)(=O)N=C(C1C(=O)c3cccnc3N(CCC3CC3)C1=O)N2. The standard InChI is InChI=1S/C22H21N5O6S/c23-17(28)11-33-13-5-6-15-16(10-13)34(31,32)26-20(25-15)18-19(29)14-2-1-8-24-21(14)27(22(18)30)9-7-12-3-4-12/h1-2,5-6,8,10,12,18H,3-4,7,9,11H2,(H2,23,28)(H,25,26). The van der Waals surface area contributed by atoms with E-state index in [1.165, 1.54) is 29.3 Å². The Balaban J connectivity index is 1.49. The van der Waals surface area contributed by atoms with Gasteiger partial charge in [-0.3, -0.25) is 19.3 Å². The Labute approximate surface area is 195 Å². The number of sulfonamides is 1. The summed E-state index contributed by atoms with van der Waals surface area (Å²) in [7, 11) is -4.27. The third kappa shape index (κ3) is 4.00. The number of ketones is 1. The summed E-state index contributed by atoms with van der Waals surface area (Å²) in [6.07, 6.45) is 4.50. The lowest BCUT2D eigenvalue weighted by Gasteiger charge is -2.33. The summed E-state index contributed by atoms with van der Waals surface area (Å²) >= 11 is 0. The van der Waals surface area contributed by atoms with Gasteiger partial charge in [0.15, 0.2) is 18.3 Å². The monoisotopic (exact) mass is 483 g/mol. The Morgan fingerprint density at radius 1 is 1.24 bits per heavy atom. The lowest BCUT2D eigenvalue weighted by atomic mass is 9.90. The lowest BCUT2D eigenvalue weighted by Crippen LogP contribution is -2.51. The number of fused-ring (bicyclic) bond motifs is 2. The van der Waals surface area contributed by atoms with Crippen molar-refractivity contribution in [2.75, 3.05) is 23.4 Å². The summed E-state index contributed by atoms with van der Waals surface area (Å²) < 4.78 is 34.9. The van der Waals surface area contributed by atoms with E-state index in [4.69, 9.17) is 10.5 Å². The molecule has 176 valence electrons. The van der Waals surface area contributed by atoms with E-state index < -0.39 is 40.1 Å². The van der Waals surface area contributed by atoms with Crippen LogP contribution in [0.3, 0.4) is 0 Å². The van der Waals surface area contributed by atoms with Crippen LogP contribution in [0.1, 0.15) is 29.6 Å². The van der Waals surface area contributed by atoms with Gasteiger partial charge in [-0.25, -0.2) is 4.98 Å². The third-order valence-corrected chi connectivity index (χ3v) is 7.24. The molecule has 1 unspecified atom stereocenters. The number of pyridine rings is 1. The number of rotatable bonds is 7. The van der Waals surface area contributed by atoms with Crippen molar-refractivity contribution in [2.45, 2.75) is 24.2 Å². The number of anilines is 2. The fourth-order valence-electron chi connectivity index (χ4n) is 4.04. The Morgan fingerprint density at radius 2 is 2.03 bits per heavy atom. The molecule has 1 saturated carbocycles. The smallest absolute Gasteiger partial charge is 0.286 e. The number of carbonyl (C=O) groups is 3. The predicted octanol–water partition coefficient (Wildman–Crippen LogP) is 1.10. The van der Waals surface area contributed by atoms with Crippen LogP contribution >= 0.6 is 0 Å². The molecule has 11 nitrogen and oxygen atoms in total. The maximum absolute atomic E-state index is 13.4. The van der Waals surface area contributed by atoms with Crippen LogP contribution in [-0.4, -0.2) is 50.0 Å². The van der Waals surface area contributed by atoms with Crippen LogP contribution in [0.2, 0.25) is 0 Å². The fraction of sp³-hybridized carbons (Fsp3) is 0.318. The van der Waals surface area contributed by atoms with Crippen molar-refractivity contribution in [3.05, 3.63) is 42.1 Å². The van der Waals surface area contributed by atoms with Crippen LogP contribution in [0, 0.1) is 11.8 Å². The van der Waals surface area contributed by atoms with Gasteiger partial charge in [0, 0.05) is 18.8 Å². The number of hydrogen-bond acceptors (Lipinski definition) is 8. The lowest BCUT2D eigenvalue weighted by molar-refractivity contribution is -0.120. The highest BCUT2D eigenvalue weighted by Gasteiger charge is 2.45. The van der Waals surface area contributed by atoms with Crippen molar-refractivity contribution >= 4 is 45.0 Å². The first-order valence-corrected chi connectivity index (χ1v) is 12.2. The van der Waals surface area contributed by atoms with Gasteiger partial charge >= 0.3 is 0 Å². The Morgan fingerprint density at radius 3 is 2.76 bits per heavy atom. The van der Waals surface area contributed by atoms with Gasteiger partial charge in [-0.15, -0.1) is 4.40 Å². The highest BCUT2D eigenvalue weighted by Crippen LogP contribution is 2.37. The number of amides is 2. The summed E-state index contributed by atoms with van der Waals surface area (Å²) in [4.78, 5) is 43.2. The number of carbonyl (C=O) groups excluding carboxylic acids is 3. The normalized spacial score (nSPS) is 20.6. The van der Waals surface area contributed by atoms with Crippen molar-refractivity contribution in [2.24, 2.45) is 22.0 Å². The molecule has 1 fully saturated rings. The molecule has 1 atom stereocenters. The van der Waals surface area contributed by atoms with E-state index in [2.05, 4.69) is 14.7 Å². The molecule has 1 aromatic heterocycles. The quantitative estimate of drug-likeness (QED) is 0.554. The van der Waals surface area contributed by atoms with Gasteiger partial charge in [0.2, 0.25) is 5.91 Å². The highest BCUT2D eigenvalue weighted by atomic mass is 32.2. The maximum atomic E-state index is 13.4.